The molecule has 1 aliphatic carbocycles. The summed E-state index contributed by atoms with van der Waals surface area (Å²) in [4.78, 5) is 14.7. The quantitative estimate of drug-likeness (QED) is 0.785. The number of amides is 1. The number of carbonyl (C=O) groups is 1. The molecule has 0 N–H and O–H groups in total. The molecule has 4 rings (SSSR count). The van der Waals surface area contributed by atoms with E-state index in [0.29, 0.717) is 43.3 Å². The Morgan fingerprint density at radius 3 is 2.54 bits per heavy atom. The molecular formula is C18H26N2O4S2. The van der Waals surface area contributed by atoms with Crippen molar-refractivity contribution < 1.29 is 17.9 Å². The highest BCUT2D eigenvalue weighted by Gasteiger charge is 2.51. The lowest BCUT2D eigenvalue weighted by molar-refractivity contribution is -0.145. The zero-order valence-electron chi connectivity index (χ0n) is 14.9. The van der Waals surface area contributed by atoms with Crippen molar-refractivity contribution in [1.82, 2.24) is 9.21 Å². The molecule has 8 heteroatoms. The average Bonchev–Trinajstić information content (AvgIpc) is 3.34. The van der Waals surface area contributed by atoms with Crippen LogP contribution in [0, 0.1) is 5.92 Å². The predicted octanol–water partition coefficient (Wildman–Crippen LogP) is 2.67. The third kappa shape index (κ3) is 3.21. The number of sulfonamides is 1. The van der Waals surface area contributed by atoms with Gasteiger partial charge in [0.05, 0.1) is 6.61 Å². The predicted molar refractivity (Wildman–Crippen MR) is 99.3 cm³/mol. The Bertz CT molecular complexity index is 733. The first kappa shape index (κ1) is 18.4. The van der Waals surface area contributed by atoms with Gasteiger partial charge in [-0.05, 0) is 24.3 Å². The van der Waals surface area contributed by atoms with Crippen LogP contribution in [0.3, 0.4) is 0 Å². The molecule has 0 unspecified atom stereocenters. The number of thiophene rings is 1. The van der Waals surface area contributed by atoms with Gasteiger partial charge >= 0.3 is 0 Å². The van der Waals surface area contributed by atoms with Gasteiger partial charge in [0.2, 0.25) is 5.91 Å². The van der Waals surface area contributed by atoms with E-state index in [2.05, 4.69) is 0 Å². The van der Waals surface area contributed by atoms with Gasteiger partial charge in [0.25, 0.3) is 10.0 Å². The van der Waals surface area contributed by atoms with E-state index < -0.39 is 15.7 Å². The van der Waals surface area contributed by atoms with Crippen molar-refractivity contribution in [2.45, 2.75) is 54.9 Å². The lowest BCUT2D eigenvalue weighted by Gasteiger charge is -2.43. The largest absolute Gasteiger partial charge is 0.358 e. The van der Waals surface area contributed by atoms with Crippen LogP contribution in [0.15, 0.2) is 21.7 Å². The number of ether oxygens (including phenoxy) is 1. The summed E-state index contributed by atoms with van der Waals surface area (Å²) < 4.78 is 33.9. The first-order valence-electron chi connectivity index (χ1n) is 9.52. The smallest absolute Gasteiger partial charge is 0.255 e. The normalized spacial score (nSPS) is 25.0. The van der Waals surface area contributed by atoms with E-state index in [4.69, 9.17) is 4.74 Å². The van der Waals surface area contributed by atoms with Crippen LogP contribution >= 0.6 is 11.3 Å². The molecule has 1 amide bonds. The maximum absolute atomic E-state index is 13.0. The summed E-state index contributed by atoms with van der Waals surface area (Å²) in [6, 6.07) is 3.40. The van der Waals surface area contributed by atoms with Crippen LogP contribution in [0.2, 0.25) is 0 Å². The van der Waals surface area contributed by atoms with Crippen LogP contribution in [0.5, 0.6) is 0 Å². The van der Waals surface area contributed by atoms with Crippen molar-refractivity contribution >= 4 is 27.3 Å². The Morgan fingerprint density at radius 2 is 1.88 bits per heavy atom. The Morgan fingerprint density at radius 1 is 1.15 bits per heavy atom. The maximum Gasteiger partial charge on any atom is 0.255 e. The Hall–Kier alpha value is -0.960. The molecule has 0 radical (unpaired) electrons. The summed E-state index contributed by atoms with van der Waals surface area (Å²) in [5.41, 5.74) is -0.786. The monoisotopic (exact) mass is 398 g/mol. The third-order valence-electron chi connectivity index (χ3n) is 5.97. The van der Waals surface area contributed by atoms with Crippen LogP contribution in [-0.2, 0) is 19.6 Å². The molecule has 3 fully saturated rings. The van der Waals surface area contributed by atoms with Gasteiger partial charge in [0, 0.05) is 38.4 Å². The molecule has 6 nitrogen and oxygen atoms in total. The second kappa shape index (κ2) is 7.22. The lowest BCUT2D eigenvalue weighted by atomic mass is 9.87. The lowest BCUT2D eigenvalue weighted by Crippen LogP contribution is -2.56. The van der Waals surface area contributed by atoms with Gasteiger partial charge < -0.3 is 9.64 Å². The number of nitrogens with zero attached hydrogens (tertiary/aromatic N) is 2. The molecule has 26 heavy (non-hydrogen) atoms. The van der Waals surface area contributed by atoms with Crippen molar-refractivity contribution in [2.75, 3.05) is 26.2 Å². The van der Waals surface area contributed by atoms with E-state index in [1.54, 1.807) is 17.5 Å². The number of piperidine rings is 1. The molecule has 2 saturated heterocycles. The summed E-state index contributed by atoms with van der Waals surface area (Å²) in [7, 11) is -3.54. The van der Waals surface area contributed by atoms with Gasteiger partial charge in [0.1, 0.15) is 9.93 Å². The highest BCUT2D eigenvalue weighted by Crippen LogP contribution is 2.39. The van der Waals surface area contributed by atoms with Gasteiger partial charge in [-0.2, -0.15) is 4.31 Å². The van der Waals surface area contributed by atoms with E-state index in [-0.39, 0.29) is 11.8 Å². The molecule has 1 aromatic rings. The van der Waals surface area contributed by atoms with Gasteiger partial charge in [-0.3, -0.25) is 4.79 Å². The molecule has 1 spiro atoms. The van der Waals surface area contributed by atoms with E-state index >= 15 is 0 Å². The number of rotatable bonds is 3. The molecule has 1 aromatic heterocycles. The van der Waals surface area contributed by atoms with Crippen molar-refractivity contribution in [2.24, 2.45) is 5.92 Å². The molecule has 0 aromatic carbocycles. The van der Waals surface area contributed by atoms with Crippen molar-refractivity contribution in [3.8, 4) is 0 Å². The Labute approximate surface area is 159 Å². The molecule has 144 valence electrons. The van der Waals surface area contributed by atoms with Gasteiger partial charge in [-0.15, -0.1) is 11.3 Å². The fraction of sp³-hybridized carbons (Fsp3) is 0.722. The minimum Gasteiger partial charge on any atom is -0.358 e. The molecule has 3 aliphatic rings. The van der Waals surface area contributed by atoms with Crippen LogP contribution < -0.4 is 0 Å². The molecule has 2 aliphatic heterocycles. The molecule has 0 bridgehead atoms. The van der Waals surface area contributed by atoms with Crippen molar-refractivity contribution in [3.63, 3.8) is 0 Å². The van der Waals surface area contributed by atoms with Crippen LogP contribution in [0.4, 0.5) is 0 Å². The zero-order chi connectivity index (χ0) is 18.2. The van der Waals surface area contributed by atoms with Crippen LogP contribution in [0.1, 0.15) is 44.9 Å². The number of hydrogen-bond acceptors (Lipinski definition) is 5. The first-order valence-corrected chi connectivity index (χ1v) is 11.8. The van der Waals surface area contributed by atoms with Crippen molar-refractivity contribution in [1.29, 1.82) is 0 Å². The van der Waals surface area contributed by atoms with E-state index in [1.165, 1.54) is 22.1 Å². The second-order valence-corrected chi connectivity index (χ2v) is 10.5. The van der Waals surface area contributed by atoms with E-state index in [1.807, 2.05) is 4.90 Å². The third-order valence-corrected chi connectivity index (χ3v) is 9.29. The molecule has 1 saturated carbocycles. The number of carbonyl (C=O) groups excluding carboxylic acids is 1. The van der Waals surface area contributed by atoms with Crippen molar-refractivity contribution in [3.05, 3.63) is 17.5 Å². The average molecular weight is 399 g/mol. The van der Waals surface area contributed by atoms with Gasteiger partial charge in [0.15, 0.2) is 0 Å². The molecule has 0 atom stereocenters. The summed E-state index contributed by atoms with van der Waals surface area (Å²) in [5.74, 6) is 0.415. The summed E-state index contributed by atoms with van der Waals surface area (Å²) in [5, 5.41) is 1.78. The summed E-state index contributed by atoms with van der Waals surface area (Å²) >= 11 is 1.24. The van der Waals surface area contributed by atoms with Gasteiger partial charge in [-0.1, -0.05) is 25.3 Å². The van der Waals surface area contributed by atoms with Crippen LogP contribution in [0.25, 0.3) is 0 Å². The minimum absolute atomic E-state index is 0.160. The topological polar surface area (TPSA) is 66.9 Å². The zero-order valence-corrected chi connectivity index (χ0v) is 16.6. The second-order valence-electron chi connectivity index (χ2n) is 7.46. The SMILES string of the molecule is O=C(C1CCCCC1)N1CCC2(CC1)OCCN2S(=O)(=O)c1cccs1. The Balaban J connectivity index is 1.46. The van der Waals surface area contributed by atoms with Gasteiger partial charge in [-0.25, -0.2) is 8.42 Å². The standard InChI is InChI=1S/C18H26N2O4S2/c21-17(15-5-2-1-3-6-15)19-10-8-18(9-11-19)20(12-13-24-18)26(22,23)16-7-4-14-25-16/h4,7,14-15H,1-3,5-6,8-13H2. The summed E-state index contributed by atoms with van der Waals surface area (Å²) in [6.07, 6.45) is 6.61. The number of likely N-dealkylation sites (tertiary alicyclic amines) is 1. The van der Waals surface area contributed by atoms with Crippen LogP contribution in [-0.4, -0.2) is 55.5 Å². The van der Waals surface area contributed by atoms with E-state index in [9.17, 15) is 13.2 Å². The fourth-order valence-corrected chi connectivity index (χ4v) is 7.36. The first-order chi connectivity index (χ1) is 12.5. The molecule has 3 heterocycles. The fourth-order valence-electron chi connectivity index (χ4n) is 4.53. The summed E-state index contributed by atoms with van der Waals surface area (Å²) in [6.45, 7) is 1.95. The highest BCUT2D eigenvalue weighted by atomic mass is 32.2. The molecular weight excluding hydrogens is 372 g/mol. The van der Waals surface area contributed by atoms with E-state index in [0.717, 1.165) is 25.7 Å². The minimum atomic E-state index is -3.54. The highest BCUT2D eigenvalue weighted by molar-refractivity contribution is 7.91. The maximum atomic E-state index is 13.0. The number of hydrogen-bond donors (Lipinski definition) is 0. The Kier molecular flexibility index (Phi) is 5.11.